The van der Waals surface area contributed by atoms with Crippen molar-refractivity contribution in [2.45, 2.75) is 65.4 Å². The van der Waals surface area contributed by atoms with Crippen LogP contribution in [0.2, 0.25) is 0 Å². The standard InChI is InChI=1S/C37H45N5O3/c1-7-33(25-19-21-38-22-20-25)45-29-17-15-28(16-18-29)39-34-36(44)42(6)23-32(40-34)30-9-8-10-31(24(30)2)41-35(43)26-11-13-27(14-12-26)37(3,4)5/h8-18,23,25,33,38H,7,19-22H2,1-6H3,(H,39,40)(H,41,43). The molecule has 2 heterocycles. The summed E-state index contributed by atoms with van der Waals surface area (Å²) in [7, 11) is 1.71. The lowest BCUT2D eigenvalue weighted by Gasteiger charge is -2.30. The van der Waals surface area contributed by atoms with Crippen LogP contribution in [-0.4, -0.2) is 34.7 Å². The number of benzene rings is 3. The summed E-state index contributed by atoms with van der Waals surface area (Å²) in [6, 6.07) is 21.1. The highest BCUT2D eigenvalue weighted by atomic mass is 16.5. The Labute approximate surface area is 266 Å². The third-order valence-corrected chi connectivity index (χ3v) is 8.66. The van der Waals surface area contributed by atoms with Gasteiger partial charge in [0.1, 0.15) is 11.9 Å². The third-order valence-electron chi connectivity index (χ3n) is 8.66. The van der Waals surface area contributed by atoms with Crippen LogP contribution in [-0.2, 0) is 12.5 Å². The summed E-state index contributed by atoms with van der Waals surface area (Å²) in [5, 5.41) is 9.68. The number of carbonyl (C=O) groups excluding carboxylic acids is 1. The monoisotopic (exact) mass is 607 g/mol. The van der Waals surface area contributed by atoms with Crippen LogP contribution in [0.5, 0.6) is 5.75 Å². The molecule has 1 unspecified atom stereocenters. The Balaban J connectivity index is 1.32. The molecule has 0 bridgehead atoms. The largest absolute Gasteiger partial charge is 0.490 e. The number of hydrogen-bond acceptors (Lipinski definition) is 6. The van der Waals surface area contributed by atoms with E-state index in [0.717, 1.165) is 54.9 Å². The van der Waals surface area contributed by atoms with Gasteiger partial charge in [0, 0.05) is 35.7 Å². The van der Waals surface area contributed by atoms with Crippen molar-refractivity contribution in [3.63, 3.8) is 0 Å². The minimum Gasteiger partial charge on any atom is -0.490 e. The Morgan fingerprint density at radius 2 is 1.73 bits per heavy atom. The van der Waals surface area contributed by atoms with Gasteiger partial charge in [0.05, 0.1) is 5.69 Å². The lowest BCUT2D eigenvalue weighted by Crippen LogP contribution is -2.36. The average molecular weight is 608 g/mol. The molecule has 5 rings (SSSR count). The van der Waals surface area contributed by atoms with E-state index in [2.05, 4.69) is 43.6 Å². The van der Waals surface area contributed by atoms with Crippen LogP contribution in [0.25, 0.3) is 11.3 Å². The van der Waals surface area contributed by atoms with Gasteiger partial charge >= 0.3 is 0 Å². The first-order chi connectivity index (χ1) is 21.5. The van der Waals surface area contributed by atoms with Gasteiger partial charge in [-0.3, -0.25) is 9.59 Å². The van der Waals surface area contributed by atoms with Gasteiger partial charge in [0.2, 0.25) is 0 Å². The fourth-order valence-electron chi connectivity index (χ4n) is 5.84. The second-order valence-electron chi connectivity index (χ2n) is 13.0. The highest BCUT2D eigenvalue weighted by Gasteiger charge is 2.24. The molecule has 1 aromatic heterocycles. The van der Waals surface area contributed by atoms with Gasteiger partial charge in [0.25, 0.3) is 11.5 Å². The van der Waals surface area contributed by atoms with E-state index in [1.165, 1.54) is 10.1 Å². The summed E-state index contributed by atoms with van der Waals surface area (Å²) in [5.41, 5.74) is 5.27. The van der Waals surface area contributed by atoms with Gasteiger partial charge in [-0.2, -0.15) is 0 Å². The quantitative estimate of drug-likeness (QED) is 0.186. The number of aromatic nitrogens is 2. The highest BCUT2D eigenvalue weighted by Crippen LogP contribution is 2.30. The van der Waals surface area contributed by atoms with Crippen LogP contribution < -0.4 is 26.2 Å². The van der Waals surface area contributed by atoms with E-state index in [-0.39, 0.29) is 28.8 Å². The second kappa shape index (κ2) is 13.7. The summed E-state index contributed by atoms with van der Waals surface area (Å²) >= 11 is 0. The van der Waals surface area contributed by atoms with Crippen molar-refractivity contribution in [1.29, 1.82) is 0 Å². The molecule has 8 nitrogen and oxygen atoms in total. The maximum atomic E-state index is 13.1. The van der Waals surface area contributed by atoms with Gasteiger partial charge in [-0.05, 0) is 104 Å². The van der Waals surface area contributed by atoms with Gasteiger partial charge in [-0.25, -0.2) is 4.98 Å². The molecule has 0 aliphatic carbocycles. The van der Waals surface area contributed by atoms with Crippen LogP contribution >= 0.6 is 0 Å². The van der Waals surface area contributed by atoms with Crippen LogP contribution in [0.3, 0.4) is 0 Å². The van der Waals surface area contributed by atoms with Crippen molar-refractivity contribution in [2.75, 3.05) is 23.7 Å². The van der Waals surface area contributed by atoms with Gasteiger partial charge in [0.15, 0.2) is 5.82 Å². The minimum atomic E-state index is -0.239. The molecule has 0 spiro atoms. The number of nitrogens with one attached hydrogen (secondary N) is 3. The van der Waals surface area contributed by atoms with Crippen LogP contribution in [0.15, 0.2) is 77.7 Å². The summed E-state index contributed by atoms with van der Waals surface area (Å²) in [4.78, 5) is 30.9. The van der Waals surface area contributed by atoms with E-state index in [1.54, 1.807) is 13.2 Å². The lowest BCUT2D eigenvalue weighted by atomic mass is 9.86. The smallest absolute Gasteiger partial charge is 0.293 e. The number of aryl methyl sites for hydroxylation is 1. The third kappa shape index (κ3) is 7.63. The Hall–Kier alpha value is -4.43. The molecule has 1 saturated heterocycles. The number of rotatable bonds is 9. The predicted molar refractivity (Wildman–Crippen MR) is 183 cm³/mol. The van der Waals surface area contributed by atoms with E-state index in [4.69, 9.17) is 9.72 Å². The summed E-state index contributed by atoms with van der Waals surface area (Å²) in [5.74, 6) is 1.41. The number of anilines is 3. The molecule has 8 heteroatoms. The summed E-state index contributed by atoms with van der Waals surface area (Å²) in [6.45, 7) is 12.6. The number of nitrogens with zero attached hydrogens (tertiary/aromatic N) is 2. The van der Waals surface area contributed by atoms with Gasteiger partial charge in [-0.1, -0.05) is 52.0 Å². The maximum Gasteiger partial charge on any atom is 0.293 e. The number of amides is 1. The van der Waals surface area contributed by atoms with E-state index in [9.17, 15) is 9.59 Å². The van der Waals surface area contributed by atoms with Crippen LogP contribution in [0.1, 0.15) is 68.4 Å². The van der Waals surface area contributed by atoms with E-state index >= 15 is 0 Å². The van der Waals surface area contributed by atoms with Crippen molar-refractivity contribution in [2.24, 2.45) is 13.0 Å². The Bertz CT molecular complexity index is 1680. The van der Waals surface area contributed by atoms with E-state index in [0.29, 0.717) is 22.9 Å². The minimum absolute atomic E-state index is 0.0129. The first-order valence-corrected chi connectivity index (χ1v) is 15.9. The molecule has 4 aromatic rings. The van der Waals surface area contributed by atoms with Gasteiger partial charge in [-0.15, -0.1) is 0 Å². The topological polar surface area (TPSA) is 97.3 Å². The average Bonchev–Trinajstić information content (AvgIpc) is 3.03. The molecule has 1 aliphatic rings. The number of carbonyl (C=O) groups is 1. The fraction of sp³-hybridized carbons (Fsp3) is 0.378. The highest BCUT2D eigenvalue weighted by molar-refractivity contribution is 6.05. The molecule has 236 valence electrons. The van der Waals surface area contributed by atoms with E-state index in [1.807, 2.05) is 73.7 Å². The first-order valence-electron chi connectivity index (χ1n) is 15.9. The summed E-state index contributed by atoms with van der Waals surface area (Å²) < 4.78 is 7.88. The van der Waals surface area contributed by atoms with Crippen LogP contribution in [0.4, 0.5) is 17.2 Å². The predicted octanol–water partition coefficient (Wildman–Crippen LogP) is 7.21. The molecular formula is C37H45N5O3. The lowest BCUT2D eigenvalue weighted by molar-refractivity contribution is 0.102. The number of piperidine rings is 1. The first kappa shape index (κ1) is 32.0. The Morgan fingerprint density at radius 1 is 1.04 bits per heavy atom. The number of ether oxygens (including phenoxy) is 1. The zero-order valence-electron chi connectivity index (χ0n) is 27.2. The SMILES string of the molecule is CCC(Oc1ccc(Nc2nc(-c3cccc(NC(=O)c4ccc(C(C)(C)C)cc4)c3C)cn(C)c2=O)cc1)C1CCNCC1. The molecule has 1 fully saturated rings. The molecule has 1 amide bonds. The molecular weight excluding hydrogens is 562 g/mol. The normalized spacial score (nSPS) is 14.5. The molecule has 45 heavy (non-hydrogen) atoms. The molecule has 0 saturated carbocycles. The zero-order valence-corrected chi connectivity index (χ0v) is 27.2. The second-order valence-corrected chi connectivity index (χ2v) is 13.0. The maximum absolute atomic E-state index is 13.1. The molecule has 3 N–H and O–H groups in total. The van der Waals surface area contributed by atoms with Crippen molar-refractivity contribution in [3.05, 3.63) is 100.0 Å². The molecule has 0 radical (unpaired) electrons. The van der Waals surface area contributed by atoms with Crippen molar-refractivity contribution in [1.82, 2.24) is 14.9 Å². The summed E-state index contributed by atoms with van der Waals surface area (Å²) in [6.07, 6.45) is 5.13. The van der Waals surface area contributed by atoms with Gasteiger partial charge < -0.3 is 25.3 Å². The molecule has 1 atom stereocenters. The van der Waals surface area contributed by atoms with Crippen molar-refractivity contribution in [3.8, 4) is 17.0 Å². The Morgan fingerprint density at radius 3 is 2.38 bits per heavy atom. The Kier molecular flexibility index (Phi) is 9.73. The zero-order chi connectivity index (χ0) is 32.1. The molecule has 3 aromatic carbocycles. The fourth-order valence-corrected chi connectivity index (χ4v) is 5.84. The molecule has 1 aliphatic heterocycles. The van der Waals surface area contributed by atoms with Crippen molar-refractivity contribution >= 4 is 23.1 Å². The van der Waals surface area contributed by atoms with Crippen molar-refractivity contribution < 1.29 is 9.53 Å². The van der Waals surface area contributed by atoms with E-state index < -0.39 is 0 Å². The van der Waals surface area contributed by atoms with Crippen LogP contribution in [0, 0.1) is 12.8 Å². The number of hydrogen-bond donors (Lipinski definition) is 3.